The highest BCUT2D eigenvalue weighted by molar-refractivity contribution is 7.89. The maximum atomic E-state index is 13.1. The molecule has 0 radical (unpaired) electrons. The number of nitrogens with zero attached hydrogens (tertiary/aromatic N) is 3. The SMILES string of the molecule is Cn1cc(CN2C(=O)Cc3c(C(N)=O)cc(S(=O)(=O)NC4(C)CC4)cc3C2=O)cn1. The summed E-state index contributed by atoms with van der Waals surface area (Å²) in [5.41, 5.74) is 5.54. The van der Waals surface area contributed by atoms with Crippen LogP contribution in [-0.2, 0) is 34.8 Å². The standard InChI is InChI=1S/C19H21N5O5S/c1-19(3-4-19)22-30(28,29)12-5-14(17(20)26)13-7-16(25)24(18(27)15(13)6-12)10-11-8-21-23(2)9-11/h5-6,8-9,22H,3-4,7,10H2,1-2H3,(H2,20,26). The van der Waals surface area contributed by atoms with Gasteiger partial charge in [-0.2, -0.15) is 5.10 Å². The second kappa shape index (κ2) is 6.74. The van der Waals surface area contributed by atoms with E-state index in [-0.39, 0.29) is 34.6 Å². The van der Waals surface area contributed by atoms with Crippen molar-refractivity contribution in [1.82, 2.24) is 19.4 Å². The third-order valence-corrected chi connectivity index (χ3v) is 7.00. The number of carbonyl (C=O) groups excluding carboxylic acids is 3. The molecule has 0 bridgehead atoms. The molecule has 10 nitrogen and oxygen atoms in total. The minimum Gasteiger partial charge on any atom is -0.366 e. The molecule has 11 heteroatoms. The van der Waals surface area contributed by atoms with E-state index in [1.165, 1.54) is 12.3 Å². The minimum atomic E-state index is -3.98. The molecular formula is C19H21N5O5S. The smallest absolute Gasteiger partial charge is 0.261 e. The lowest BCUT2D eigenvalue weighted by Crippen LogP contribution is -2.43. The van der Waals surface area contributed by atoms with Gasteiger partial charge in [-0.15, -0.1) is 0 Å². The molecule has 1 aliphatic heterocycles. The van der Waals surface area contributed by atoms with E-state index >= 15 is 0 Å². The molecular weight excluding hydrogens is 410 g/mol. The van der Waals surface area contributed by atoms with Crippen LogP contribution in [0.4, 0.5) is 0 Å². The number of nitrogens with two attached hydrogens (primary N) is 1. The van der Waals surface area contributed by atoms with Gasteiger partial charge in [0.1, 0.15) is 0 Å². The van der Waals surface area contributed by atoms with Crippen LogP contribution in [0.3, 0.4) is 0 Å². The lowest BCUT2D eigenvalue weighted by Gasteiger charge is -2.28. The number of amides is 3. The molecule has 3 N–H and O–H groups in total. The third-order valence-electron chi connectivity index (χ3n) is 5.38. The molecule has 1 aromatic heterocycles. The van der Waals surface area contributed by atoms with Crippen molar-refractivity contribution in [3.05, 3.63) is 46.8 Å². The van der Waals surface area contributed by atoms with Gasteiger partial charge in [-0.05, 0) is 37.5 Å². The number of primary amides is 1. The van der Waals surface area contributed by atoms with Crippen molar-refractivity contribution in [2.24, 2.45) is 12.8 Å². The van der Waals surface area contributed by atoms with Crippen molar-refractivity contribution in [2.75, 3.05) is 0 Å². The highest BCUT2D eigenvalue weighted by Crippen LogP contribution is 2.36. The summed E-state index contributed by atoms with van der Waals surface area (Å²) in [5, 5.41) is 4.02. The Kier molecular flexibility index (Phi) is 4.55. The van der Waals surface area contributed by atoms with Crippen LogP contribution in [0.15, 0.2) is 29.4 Å². The number of benzene rings is 1. The largest absolute Gasteiger partial charge is 0.366 e. The van der Waals surface area contributed by atoms with Crippen LogP contribution in [0.5, 0.6) is 0 Å². The second-order valence-corrected chi connectivity index (χ2v) is 9.69. The van der Waals surface area contributed by atoms with E-state index in [9.17, 15) is 22.8 Å². The Labute approximate surface area is 173 Å². The van der Waals surface area contributed by atoms with Gasteiger partial charge in [-0.1, -0.05) is 0 Å². The number of aryl methyl sites for hydroxylation is 1. The molecule has 3 amide bonds. The van der Waals surface area contributed by atoms with Gasteiger partial charge in [-0.3, -0.25) is 24.0 Å². The Hall–Kier alpha value is -3.05. The van der Waals surface area contributed by atoms with Crippen molar-refractivity contribution < 1.29 is 22.8 Å². The Bertz CT molecular complexity index is 1200. The first kappa shape index (κ1) is 20.2. The van der Waals surface area contributed by atoms with Gasteiger partial charge in [0.25, 0.3) is 5.91 Å². The van der Waals surface area contributed by atoms with Crippen LogP contribution >= 0.6 is 0 Å². The highest BCUT2D eigenvalue weighted by Gasteiger charge is 2.42. The van der Waals surface area contributed by atoms with Crippen molar-refractivity contribution in [2.45, 2.75) is 43.2 Å². The molecule has 2 aliphatic rings. The van der Waals surface area contributed by atoms with Crippen molar-refractivity contribution in [1.29, 1.82) is 0 Å². The van der Waals surface area contributed by atoms with Gasteiger partial charge in [0.15, 0.2) is 0 Å². The fraction of sp³-hybridized carbons (Fsp3) is 0.368. The van der Waals surface area contributed by atoms with Crippen molar-refractivity contribution in [3.8, 4) is 0 Å². The summed E-state index contributed by atoms with van der Waals surface area (Å²) >= 11 is 0. The maximum absolute atomic E-state index is 13.1. The number of carbonyl (C=O) groups is 3. The van der Waals surface area contributed by atoms with Gasteiger partial charge in [0.2, 0.25) is 21.8 Å². The average molecular weight is 431 g/mol. The summed E-state index contributed by atoms with van der Waals surface area (Å²) in [6.45, 7) is 1.77. The quantitative estimate of drug-likeness (QED) is 0.620. The molecule has 158 valence electrons. The molecule has 4 rings (SSSR count). The molecule has 0 atom stereocenters. The topological polar surface area (TPSA) is 144 Å². The van der Waals surface area contributed by atoms with E-state index in [0.29, 0.717) is 18.4 Å². The molecule has 0 spiro atoms. The number of sulfonamides is 1. The van der Waals surface area contributed by atoms with Crippen LogP contribution in [0.25, 0.3) is 0 Å². The molecule has 1 aromatic carbocycles. The van der Waals surface area contributed by atoms with Gasteiger partial charge in [0, 0.05) is 35.5 Å². The van der Waals surface area contributed by atoms with E-state index in [1.807, 2.05) is 0 Å². The molecule has 1 fully saturated rings. The lowest BCUT2D eigenvalue weighted by molar-refractivity contribution is -0.128. The van der Waals surface area contributed by atoms with E-state index in [1.54, 1.807) is 24.9 Å². The summed E-state index contributed by atoms with van der Waals surface area (Å²) in [6, 6.07) is 2.34. The number of fused-ring (bicyclic) bond motifs is 1. The fourth-order valence-corrected chi connectivity index (χ4v) is 4.99. The van der Waals surface area contributed by atoms with Crippen molar-refractivity contribution in [3.63, 3.8) is 0 Å². The molecule has 30 heavy (non-hydrogen) atoms. The first-order valence-corrected chi connectivity index (χ1v) is 10.8. The van der Waals surface area contributed by atoms with Crippen LogP contribution in [0.1, 0.15) is 51.6 Å². The molecule has 0 saturated heterocycles. The van der Waals surface area contributed by atoms with E-state index < -0.39 is 33.3 Å². The van der Waals surface area contributed by atoms with Crippen LogP contribution in [0, 0.1) is 0 Å². The first-order chi connectivity index (χ1) is 14.0. The zero-order valence-electron chi connectivity index (χ0n) is 16.5. The number of hydrogen-bond donors (Lipinski definition) is 2. The Morgan fingerprint density at radius 1 is 1.30 bits per heavy atom. The monoisotopic (exact) mass is 431 g/mol. The Balaban J connectivity index is 1.77. The first-order valence-electron chi connectivity index (χ1n) is 9.32. The molecule has 0 unspecified atom stereocenters. The number of hydrogen-bond acceptors (Lipinski definition) is 6. The maximum Gasteiger partial charge on any atom is 0.261 e. The summed E-state index contributed by atoms with van der Waals surface area (Å²) in [4.78, 5) is 38.5. The number of aromatic nitrogens is 2. The fourth-order valence-electron chi connectivity index (χ4n) is 3.48. The summed E-state index contributed by atoms with van der Waals surface area (Å²) < 4.78 is 29.8. The van der Waals surface area contributed by atoms with Gasteiger partial charge in [-0.25, -0.2) is 13.1 Å². The number of nitrogens with one attached hydrogen (secondary N) is 1. The molecule has 1 saturated carbocycles. The Morgan fingerprint density at radius 3 is 2.57 bits per heavy atom. The van der Waals surface area contributed by atoms with Crippen LogP contribution in [0.2, 0.25) is 0 Å². The average Bonchev–Trinajstić information content (AvgIpc) is 3.22. The molecule has 2 aromatic rings. The Morgan fingerprint density at radius 2 is 2.00 bits per heavy atom. The van der Waals surface area contributed by atoms with Gasteiger partial charge < -0.3 is 5.73 Å². The molecule has 1 aliphatic carbocycles. The second-order valence-electron chi connectivity index (χ2n) is 8.01. The minimum absolute atomic E-state index is 0.00977. The number of rotatable bonds is 6. The zero-order chi connectivity index (χ0) is 21.8. The van der Waals surface area contributed by atoms with Crippen molar-refractivity contribution >= 4 is 27.7 Å². The van der Waals surface area contributed by atoms with Crippen LogP contribution < -0.4 is 10.5 Å². The molecule has 2 heterocycles. The zero-order valence-corrected chi connectivity index (χ0v) is 17.3. The summed E-state index contributed by atoms with van der Waals surface area (Å²) in [5.74, 6) is -2.08. The van der Waals surface area contributed by atoms with E-state index in [2.05, 4.69) is 9.82 Å². The van der Waals surface area contributed by atoms with Gasteiger partial charge >= 0.3 is 0 Å². The van der Waals surface area contributed by atoms with E-state index in [4.69, 9.17) is 5.73 Å². The highest BCUT2D eigenvalue weighted by atomic mass is 32.2. The van der Waals surface area contributed by atoms with Gasteiger partial charge in [0.05, 0.1) is 24.1 Å². The summed E-state index contributed by atoms with van der Waals surface area (Å²) in [6.07, 6.45) is 4.38. The lowest BCUT2D eigenvalue weighted by atomic mass is 9.93. The van der Waals surface area contributed by atoms with Crippen LogP contribution in [-0.4, -0.2) is 46.4 Å². The normalized spacial score (nSPS) is 17.7. The third kappa shape index (κ3) is 3.61. The number of imide groups is 1. The predicted molar refractivity (Wildman–Crippen MR) is 105 cm³/mol. The van der Waals surface area contributed by atoms with E-state index in [0.717, 1.165) is 11.0 Å². The predicted octanol–water partition coefficient (Wildman–Crippen LogP) is 0.0749. The summed E-state index contributed by atoms with van der Waals surface area (Å²) in [7, 11) is -2.27.